The second-order valence-corrected chi connectivity index (χ2v) is 10.6. The molecule has 11 heteroatoms. The van der Waals surface area contributed by atoms with E-state index in [1.807, 2.05) is 11.8 Å². The maximum atomic E-state index is 6.13. The quantitative estimate of drug-likeness (QED) is 0.381. The molecule has 0 bridgehead atoms. The third-order valence-electron chi connectivity index (χ3n) is 5.30. The van der Waals surface area contributed by atoms with Gasteiger partial charge in [-0.15, -0.1) is 23.5 Å². The molecule has 0 amide bonds. The Morgan fingerprint density at radius 2 is 1.52 bits per heavy atom. The lowest BCUT2D eigenvalue weighted by molar-refractivity contribution is 0.0841. The average Bonchev–Trinajstić information content (AvgIpc) is 3.42. The third kappa shape index (κ3) is 5.71. The fourth-order valence-electron chi connectivity index (χ4n) is 3.92. The summed E-state index contributed by atoms with van der Waals surface area (Å²) in [7, 11) is 0. The van der Waals surface area contributed by atoms with Crippen molar-refractivity contribution < 1.29 is 4.74 Å². The molecule has 3 aliphatic heterocycles. The molecule has 0 aliphatic carbocycles. The molecule has 5 heterocycles. The van der Waals surface area contributed by atoms with E-state index in [2.05, 4.69) is 31.8 Å². The van der Waals surface area contributed by atoms with Gasteiger partial charge in [0, 0.05) is 50.1 Å². The molecule has 31 heavy (non-hydrogen) atoms. The van der Waals surface area contributed by atoms with E-state index in [9.17, 15) is 0 Å². The van der Waals surface area contributed by atoms with Crippen LogP contribution in [-0.2, 0) is 17.6 Å². The monoisotopic (exact) mass is 519 g/mol. The number of thioether (sulfide) groups is 2. The van der Waals surface area contributed by atoms with Crippen molar-refractivity contribution in [3.8, 4) is 0 Å². The van der Waals surface area contributed by atoms with E-state index < -0.39 is 0 Å². The molecule has 2 aromatic rings. The van der Waals surface area contributed by atoms with Crippen molar-refractivity contribution >= 4 is 64.1 Å². The first kappa shape index (κ1) is 23.6. The van der Waals surface area contributed by atoms with Crippen LogP contribution in [0.1, 0.15) is 37.6 Å². The molecule has 0 aromatic carbocycles. The van der Waals surface area contributed by atoms with E-state index in [0.29, 0.717) is 16.5 Å². The van der Waals surface area contributed by atoms with E-state index in [1.165, 1.54) is 4.90 Å². The Morgan fingerprint density at radius 1 is 0.903 bits per heavy atom. The van der Waals surface area contributed by atoms with Gasteiger partial charge in [-0.3, -0.25) is 0 Å². The smallest absolute Gasteiger partial charge is 0.224 e. The lowest BCUT2D eigenvalue weighted by Gasteiger charge is -2.35. The summed E-state index contributed by atoms with van der Waals surface area (Å²) in [4.78, 5) is 21.5. The number of ether oxygens (including phenoxy) is 1. The normalized spacial score (nSPS) is 17.7. The van der Waals surface area contributed by atoms with Crippen LogP contribution in [0.25, 0.3) is 0 Å². The van der Waals surface area contributed by atoms with Gasteiger partial charge in [-0.1, -0.05) is 18.5 Å². The van der Waals surface area contributed by atoms with Gasteiger partial charge in [0.1, 0.15) is 11.0 Å². The molecule has 1 fully saturated rings. The molecule has 1 saturated heterocycles. The van der Waals surface area contributed by atoms with Crippen molar-refractivity contribution in [1.29, 1.82) is 0 Å². The SMILES string of the molecule is CCCN(c1nc(Cl)nc2c1SCC2)C1CCOCC1.Clc1nc(Cl)c2c(n1)CCS2. The van der Waals surface area contributed by atoms with Crippen LogP contribution in [0, 0.1) is 0 Å². The minimum Gasteiger partial charge on any atom is -0.381 e. The summed E-state index contributed by atoms with van der Waals surface area (Å²) in [5, 5.41) is 1.12. The van der Waals surface area contributed by atoms with Crippen LogP contribution in [0.5, 0.6) is 0 Å². The fourth-order valence-corrected chi connectivity index (χ4v) is 6.76. The number of nitrogens with zero attached hydrogens (tertiary/aromatic N) is 5. The van der Waals surface area contributed by atoms with Crippen molar-refractivity contribution in [1.82, 2.24) is 19.9 Å². The zero-order valence-electron chi connectivity index (χ0n) is 17.2. The standard InChI is InChI=1S/C14H20ClN3OS.C6H4Cl2N2S/c1-2-6-18(10-3-7-19-8-4-10)13-12-11(5-9-20-12)16-14(15)17-13;7-5-4-3(1-2-11-4)9-6(8)10-5/h10H,2-9H2,1H3;1-2H2. The minimum atomic E-state index is 0.247. The summed E-state index contributed by atoms with van der Waals surface area (Å²) in [5.74, 6) is 3.17. The van der Waals surface area contributed by atoms with E-state index >= 15 is 0 Å². The molecule has 5 rings (SSSR count). The third-order valence-corrected chi connectivity index (χ3v) is 8.26. The zero-order chi connectivity index (χ0) is 21.8. The molecule has 2 aromatic heterocycles. The molecule has 3 aliphatic rings. The lowest BCUT2D eigenvalue weighted by Crippen LogP contribution is -2.41. The highest BCUT2D eigenvalue weighted by molar-refractivity contribution is 8.00. The van der Waals surface area contributed by atoms with E-state index in [1.54, 1.807) is 11.8 Å². The predicted molar refractivity (Wildman–Crippen MR) is 129 cm³/mol. The first-order chi connectivity index (χ1) is 15.1. The van der Waals surface area contributed by atoms with E-state index in [-0.39, 0.29) is 5.28 Å². The van der Waals surface area contributed by atoms with Gasteiger partial charge in [-0.25, -0.2) is 15.0 Å². The molecule has 6 nitrogen and oxygen atoms in total. The maximum Gasteiger partial charge on any atom is 0.224 e. The second kappa shape index (κ2) is 11.1. The van der Waals surface area contributed by atoms with Crippen LogP contribution in [0.3, 0.4) is 0 Å². The molecule has 0 spiro atoms. The van der Waals surface area contributed by atoms with Crippen LogP contribution in [0.15, 0.2) is 9.79 Å². The van der Waals surface area contributed by atoms with Gasteiger partial charge in [-0.2, -0.15) is 4.98 Å². The number of fused-ring (bicyclic) bond motifs is 2. The minimum absolute atomic E-state index is 0.247. The molecule has 0 unspecified atom stereocenters. The van der Waals surface area contributed by atoms with Crippen LogP contribution >= 0.6 is 58.3 Å². The Kier molecular flexibility index (Phi) is 8.45. The largest absolute Gasteiger partial charge is 0.381 e. The molecule has 0 atom stereocenters. The van der Waals surface area contributed by atoms with Crippen LogP contribution in [0.2, 0.25) is 15.7 Å². The Labute approximate surface area is 206 Å². The summed E-state index contributed by atoms with van der Waals surface area (Å²) in [6.07, 6.45) is 5.20. The first-order valence-electron chi connectivity index (χ1n) is 10.4. The Balaban J connectivity index is 0.000000177. The highest BCUT2D eigenvalue weighted by Crippen LogP contribution is 2.39. The zero-order valence-corrected chi connectivity index (χ0v) is 21.1. The summed E-state index contributed by atoms with van der Waals surface area (Å²) in [5.41, 5.74) is 2.11. The van der Waals surface area contributed by atoms with Gasteiger partial charge in [0.15, 0.2) is 0 Å². The molecule has 0 saturated carbocycles. The second-order valence-electron chi connectivity index (χ2n) is 7.39. The maximum absolute atomic E-state index is 6.13. The number of halogens is 3. The van der Waals surface area contributed by atoms with Gasteiger partial charge >= 0.3 is 0 Å². The summed E-state index contributed by atoms with van der Waals surface area (Å²) in [6.45, 7) is 4.92. The van der Waals surface area contributed by atoms with Gasteiger partial charge in [-0.05, 0) is 42.5 Å². The van der Waals surface area contributed by atoms with Gasteiger partial charge in [0.2, 0.25) is 10.6 Å². The summed E-state index contributed by atoms with van der Waals surface area (Å²) in [6, 6.07) is 0.514. The summed E-state index contributed by atoms with van der Waals surface area (Å²) >= 11 is 21.1. The van der Waals surface area contributed by atoms with Crippen molar-refractivity contribution in [3.63, 3.8) is 0 Å². The number of aromatic nitrogens is 4. The number of hydrogen-bond donors (Lipinski definition) is 0. The molecular formula is C20H24Cl3N5OS2. The van der Waals surface area contributed by atoms with Gasteiger partial charge in [0.25, 0.3) is 0 Å². The first-order valence-corrected chi connectivity index (χ1v) is 13.6. The Bertz CT molecular complexity index is 930. The van der Waals surface area contributed by atoms with E-state index in [0.717, 1.165) is 85.5 Å². The highest BCUT2D eigenvalue weighted by atomic mass is 35.5. The number of aryl methyl sites for hydroxylation is 2. The molecule has 0 radical (unpaired) electrons. The highest BCUT2D eigenvalue weighted by Gasteiger charge is 2.28. The summed E-state index contributed by atoms with van der Waals surface area (Å²) < 4.78 is 5.49. The van der Waals surface area contributed by atoms with Crippen LogP contribution in [0.4, 0.5) is 5.82 Å². The number of hydrogen-bond acceptors (Lipinski definition) is 8. The van der Waals surface area contributed by atoms with Crippen LogP contribution < -0.4 is 4.90 Å². The molecule has 0 N–H and O–H groups in total. The Hall–Kier alpha value is -0.510. The topological polar surface area (TPSA) is 64.0 Å². The van der Waals surface area contributed by atoms with Gasteiger partial charge < -0.3 is 9.64 Å². The predicted octanol–water partition coefficient (Wildman–Crippen LogP) is 5.61. The van der Waals surface area contributed by atoms with Crippen molar-refractivity contribution in [2.75, 3.05) is 36.2 Å². The fraction of sp³-hybridized carbons (Fsp3) is 0.600. The van der Waals surface area contributed by atoms with Crippen molar-refractivity contribution in [3.05, 3.63) is 27.1 Å². The van der Waals surface area contributed by atoms with Crippen molar-refractivity contribution in [2.24, 2.45) is 0 Å². The van der Waals surface area contributed by atoms with E-state index in [4.69, 9.17) is 39.5 Å². The van der Waals surface area contributed by atoms with Gasteiger partial charge in [0.05, 0.1) is 21.2 Å². The average molecular weight is 521 g/mol. The van der Waals surface area contributed by atoms with Crippen LogP contribution in [-0.4, -0.2) is 57.2 Å². The molecular weight excluding hydrogens is 497 g/mol. The Morgan fingerprint density at radius 3 is 2.19 bits per heavy atom. The van der Waals surface area contributed by atoms with Crippen molar-refractivity contribution in [2.45, 2.75) is 54.9 Å². The number of rotatable bonds is 4. The molecule has 168 valence electrons. The lowest BCUT2D eigenvalue weighted by atomic mass is 10.1. The number of anilines is 1.